The zero-order chi connectivity index (χ0) is 44.6. The number of carbonyl (C=O) groups excluding carboxylic acids is 4. The highest BCUT2D eigenvalue weighted by Crippen LogP contribution is 2.26. The minimum Gasteiger partial charge on any atom is -0.374 e. The molecule has 16 nitrogen and oxygen atoms in total. The van der Waals surface area contributed by atoms with Gasteiger partial charge in [0.25, 0.3) is 0 Å². The topological polar surface area (TPSA) is 176 Å². The number of amides is 5. The first-order valence-corrected chi connectivity index (χ1v) is 22.7. The third kappa shape index (κ3) is 11.9. The molecule has 0 bridgehead atoms. The lowest BCUT2D eigenvalue weighted by atomic mass is 9.96. The van der Waals surface area contributed by atoms with E-state index in [4.69, 9.17) is 9.72 Å². The Hall–Kier alpha value is -6.10. The van der Waals surface area contributed by atoms with E-state index in [1.165, 1.54) is 5.69 Å². The van der Waals surface area contributed by atoms with Crippen LogP contribution in [0.5, 0.6) is 0 Å². The van der Waals surface area contributed by atoms with E-state index in [0.29, 0.717) is 56.6 Å². The number of nitrogens with zero attached hydrogens (tertiary/aromatic N) is 6. The van der Waals surface area contributed by atoms with Crippen molar-refractivity contribution in [2.75, 3.05) is 86.3 Å². The molecule has 16 heteroatoms. The molecular weight excluding hydrogens is 811 g/mol. The summed E-state index contributed by atoms with van der Waals surface area (Å²) in [5.74, 6) is 0.514. The van der Waals surface area contributed by atoms with Gasteiger partial charge in [0.15, 0.2) is 0 Å². The third-order valence-electron chi connectivity index (χ3n) is 12.5. The van der Waals surface area contributed by atoms with Crippen LogP contribution in [0.2, 0.25) is 0 Å². The Morgan fingerprint density at radius 2 is 1.62 bits per heavy atom. The Balaban J connectivity index is 0.729. The maximum absolute atomic E-state index is 13.0. The fraction of sp³-hybridized carbons (Fsp3) is 0.458. The monoisotopic (exact) mass is 871 g/mol. The second-order valence-electron chi connectivity index (χ2n) is 17.7. The van der Waals surface area contributed by atoms with Crippen molar-refractivity contribution in [2.24, 2.45) is 5.92 Å². The first-order valence-electron chi connectivity index (χ1n) is 22.7. The Labute approximate surface area is 375 Å². The van der Waals surface area contributed by atoms with Crippen molar-refractivity contribution in [2.45, 2.75) is 71.2 Å². The highest BCUT2D eigenvalue weighted by atomic mass is 16.5. The molecule has 4 aliphatic heterocycles. The average molecular weight is 872 g/mol. The van der Waals surface area contributed by atoms with E-state index in [1.807, 2.05) is 56.3 Å². The largest absolute Gasteiger partial charge is 0.374 e. The summed E-state index contributed by atoms with van der Waals surface area (Å²) in [5.41, 5.74) is 7.45. The van der Waals surface area contributed by atoms with E-state index >= 15 is 0 Å². The number of piperazine rings is 1. The molecular formula is C48H61N11O5. The predicted molar refractivity (Wildman–Crippen MR) is 248 cm³/mol. The van der Waals surface area contributed by atoms with Crippen LogP contribution in [-0.2, 0) is 25.7 Å². The molecule has 4 saturated heterocycles. The lowest BCUT2D eigenvalue weighted by molar-refractivity contribution is -0.133. The van der Waals surface area contributed by atoms with Crippen LogP contribution in [0.15, 0.2) is 79.0 Å². The summed E-state index contributed by atoms with van der Waals surface area (Å²) in [6.07, 6.45) is 4.94. The molecule has 1 unspecified atom stereocenters. The minimum absolute atomic E-state index is 0.0540. The maximum Gasteiger partial charge on any atom is 0.317 e. The van der Waals surface area contributed by atoms with E-state index < -0.39 is 6.04 Å². The molecule has 5 amide bonds. The van der Waals surface area contributed by atoms with E-state index in [-0.39, 0.29) is 36.0 Å². The summed E-state index contributed by atoms with van der Waals surface area (Å²) in [6, 6.07) is 23.4. The summed E-state index contributed by atoms with van der Waals surface area (Å²) < 4.78 is 5.77. The molecule has 1 atom stereocenters. The van der Waals surface area contributed by atoms with Gasteiger partial charge in [0.1, 0.15) is 6.04 Å². The second-order valence-corrected chi connectivity index (χ2v) is 17.7. The first-order chi connectivity index (χ1) is 31.0. The van der Waals surface area contributed by atoms with Crippen LogP contribution >= 0.6 is 0 Å². The quantitative estimate of drug-likeness (QED) is 0.0989. The molecule has 4 aromatic rings. The number of benzene rings is 3. The molecule has 0 aliphatic carbocycles. The number of carbonyl (C=O) groups is 4. The number of ether oxygens (including phenoxy) is 1. The van der Waals surface area contributed by atoms with Crippen LogP contribution in [0.3, 0.4) is 0 Å². The Morgan fingerprint density at radius 1 is 0.859 bits per heavy atom. The number of urea groups is 1. The fourth-order valence-electron chi connectivity index (χ4n) is 8.88. The van der Waals surface area contributed by atoms with Gasteiger partial charge in [-0.1, -0.05) is 18.2 Å². The van der Waals surface area contributed by atoms with Gasteiger partial charge in [-0.15, -0.1) is 0 Å². The molecule has 338 valence electrons. The summed E-state index contributed by atoms with van der Waals surface area (Å²) in [4.78, 5) is 67.5. The molecule has 5 N–H and O–H groups in total. The standard InChI is InChI=1S/C48H61N11O5/c1-32(2)64-41-29-59(30-41)48(63)50-27-36-8-7-35(25-33(36)3)42-15-18-49-47(54-42)53-37-9-11-40(12-10-37)58-23-21-57(22-24-58)28-34-16-19-56(20-17-34)31-45(61)52-39-6-4-5-38(26-39)51-43-13-14-44(60)55-46(43)62/h4-12,15,18,25-26,32,34,41,43,51H,13-14,16-17,19-24,27-31H2,1-3H3,(H,50,63)(H,52,61)(H,49,53,54)(H,55,60,62). The molecule has 0 radical (unpaired) electrons. The van der Waals surface area contributed by atoms with E-state index in [2.05, 4.69) is 83.5 Å². The SMILES string of the molecule is Cc1cc(-c2ccnc(Nc3ccc(N4CCN(CC5CCN(CC(=O)Nc6cccc(NC7CCC(=O)NC7=O)c6)CC5)CC4)cc3)n2)ccc1CNC(=O)N1CC(OC(C)C)C1. The zero-order valence-corrected chi connectivity index (χ0v) is 37.1. The van der Waals surface area contributed by atoms with Crippen LogP contribution in [0, 0.1) is 12.8 Å². The molecule has 64 heavy (non-hydrogen) atoms. The van der Waals surface area contributed by atoms with Crippen LogP contribution in [0.25, 0.3) is 11.3 Å². The number of aromatic nitrogens is 2. The Bertz CT molecular complexity index is 2270. The minimum atomic E-state index is -0.477. The summed E-state index contributed by atoms with van der Waals surface area (Å²) >= 11 is 0. The summed E-state index contributed by atoms with van der Waals surface area (Å²) in [5, 5.41) is 15.0. The Kier molecular flexibility index (Phi) is 14.3. The molecule has 1 aromatic heterocycles. The lowest BCUT2D eigenvalue weighted by Gasteiger charge is -2.39. The molecule has 0 saturated carbocycles. The number of piperidine rings is 2. The van der Waals surface area contributed by atoms with E-state index in [9.17, 15) is 19.2 Å². The highest BCUT2D eigenvalue weighted by molar-refractivity contribution is 6.01. The van der Waals surface area contributed by atoms with Crippen molar-refractivity contribution in [3.63, 3.8) is 0 Å². The number of likely N-dealkylation sites (tertiary alicyclic amines) is 2. The van der Waals surface area contributed by atoms with Crippen LogP contribution < -0.4 is 31.5 Å². The Morgan fingerprint density at radius 3 is 2.36 bits per heavy atom. The number of hydrogen-bond donors (Lipinski definition) is 5. The van der Waals surface area contributed by atoms with Crippen LogP contribution in [0.4, 0.5) is 33.5 Å². The van der Waals surface area contributed by atoms with Gasteiger partial charge >= 0.3 is 6.03 Å². The fourth-order valence-corrected chi connectivity index (χ4v) is 8.88. The van der Waals surface area contributed by atoms with Crippen molar-refractivity contribution < 1.29 is 23.9 Å². The highest BCUT2D eigenvalue weighted by Gasteiger charge is 2.32. The van der Waals surface area contributed by atoms with Crippen molar-refractivity contribution >= 4 is 52.5 Å². The number of aryl methyl sites for hydroxylation is 1. The number of hydrogen-bond acceptors (Lipinski definition) is 12. The number of nitrogens with one attached hydrogen (secondary N) is 5. The normalized spacial score (nSPS) is 19.0. The second kappa shape index (κ2) is 20.6. The van der Waals surface area contributed by atoms with Gasteiger partial charge in [0.2, 0.25) is 23.7 Å². The predicted octanol–water partition coefficient (Wildman–Crippen LogP) is 5.20. The van der Waals surface area contributed by atoms with Gasteiger partial charge in [-0.3, -0.25) is 29.5 Å². The molecule has 3 aromatic carbocycles. The van der Waals surface area contributed by atoms with Gasteiger partial charge in [-0.25, -0.2) is 14.8 Å². The van der Waals surface area contributed by atoms with Crippen molar-refractivity contribution in [1.29, 1.82) is 0 Å². The maximum atomic E-state index is 13.0. The molecule has 4 fully saturated rings. The summed E-state index contributed by atoms with van der Waals surface area (Å²) in [6.45, 7) is 15.0. The molecule has 5 heterocycles. The van der Waals surface area contributed by atoms with Crippen molar-refractivity contribution in [3.05, 3.63) is 90.1 Å². The van der Waals surface area contributed by atoms with Crippen molar-refractivity contribution in [3.8, 4) is 11.3 Å². The lowest BCUT2D eigenvalue weighted by Crippen LogP contribution is -2.58. The molecule has 0 spiro atoms. The summed E-state index contributed by atoms with van der Waals surface area (Å²) in [7, 11) is 0. The molecule has 8 rings (SSSR count). The number of rotatable bonds is 15. The van der Waals surface area contributed by atoms with Gasteiger partial charge in [-0.05, 0) is 125 Å². The third-order valence-corrected chi connectivity index (χ3v) is 12.5. The average Bonchev–Trinajstić information content (AvgIpc) is 3.26. The molecule has 4 aliphatic rings. The van der Waals surface area contributed by atoms with E-state index in [1.54, 1.807) is 11.1 Å². The number of imide groups is 1. The van der Waals surface area contributed by atoms with E-state index in [0.717, 1.165) is 92.4 Å². The van der Waals surface area contributed by atoms with Gasteiger partial charge in [0.05, 0.1) is 37.5 Å². The van der Waals surface area contributed by atoms with Crippen molar-refractivity contribution in [1.82, 2.24) is 35.3 Å². The van der Waals surface area contributed by atoms with Crippen LogP contribution in [-0.4, -0.2) is 132 Å². The zero-order valence-electron chi connectivity index (χ0n) is 37.1. The number of anilines is 5. The smallest absolute Gasteiger partial charge is 0.317 e. The van der Waals surface area contributed by atoms with Gasteiger partial charge in [0, 0.05) is 80.2 Å². The van der Waals surface area contributed by atoms with Gasteiger partial charge in [-0.2, -0.15) is 0 Å². The first kappa shape index (κ1) is 44.5. The van der Waals surface area contributed by atoms with Gasteiger partial charge < -0.3 is 35.8 Å². The van der Waals surface area contributed by atoms with Crippen LogP contribution in [0.1, 0.15) is 50.7 Å².